The Morgan fingerprint density at radius 2 is 2.23 bits per heavy atom. The molecule has 1 fully saturated rings. The Morgan fingerprint density at radius 3 is 3.04 bits per heavy atom. The molecule has 0 saturated carbocycles. The Morgan fingerprint density at radius 1 is 1.31 bits per heavy atom. The number of hydrogen-bond donors (Lipinski definition) is 2. The predicted octanol–water partition coefficient (Wildman–Crippen LogP) is 2.50. The number of aromatic nitrogens is 4. The summed E-state index contributed by atoms with van der Waals surface area (Å²) >= 11 is 0. The van der Waals surface area contributed by atoms with Crippen molar-refractivity contribution < 1.29 is 9.13 Å². The van der Waals surface area contributed by atoms with Crippen LogP contribution in [0, 0.1) is 5.82 Å². The lowest BCUT2D eigenvalue weighted by atomic mass is 10.0. The van der Waals surface area contributed by atoms with Crippen LogP contribution in [0.15, 0.2) is 42.7 Å². The van der Waals surface area contributed by atoms with Crippen LogP contribution >= 0.6 is 0 Å². The molecule has 4 rings (SSSR count). The average Bonchev–Trinajstić information content (AvgIpc) is 3.32. The third kappa shape index (κ3) is 3.65. The molecule has 134 valence electrons. The van der Waals surface area contributed by atoms with Gasteiger partial charge in [-0.1, -0.05) is 6.07 Å². The van der Waals surface area contributed by atoms with Crippen LogP contribution in [-0.2, 0) is 11.3 Å². The maximum Gasteiger partial charge on any atom is 0.222 e. The number of nitrogens with one attached hydrogen (secondary N) is 1. The lowest BCUT2D eigenvalue weighted by Gasteiger charge is -2.11. The van der Waals surface area contributed by atoms with Gasteiger partial charge in [-0.2, -0.15) is 10.1 Å². The summed E-state index contributed by atoms with van der Waals surface area (Å²) in [5.74, 6) is 0.874. The highest BCUT2D eigenvalue weighted by molar-refractivity contribution is 5.42. The van der Waals surface area contributed by atoms with Gasteiger partial charge in [0.05, 0.1) is 24.2 Å². The quantitative estimate of drug-likeness (QED) is 0.732. The van der Waals surface area contributed by atoms with Gasteiger partial charge in [0.15, 0.2) is 0 Å². The van der Waals surface area contributed by atoms with E-state index in [-0.39, 0.29) is 17.7 Å². The van der Waals surface area contributed by atoms with E-state index in [0.717, 1.165) is 24.3 Å². The van der Waals surface area contributed by atoms with Gasteiger partial charge in [0.1, 0.15) is 11.6 Å². The van der Waals surface area contributed by atoms with Crippen molar-refractivity contribution in [1.29, 1.82) is 0 Å². The SMILES string of the molecule is Nc1nc(NCc2cnn(-c3cccc(F)c3)c2)cc([C@@H]2CCOC2)n1. The second kappa shape index (κ2) is 7.09. The molecule has 0 unspecified atom stereocenters. The lowest BCUT2D eigenvalue weighted by molar-refractivity contribution is 0.193. The van der Waals surface area contributed by atoms with Gasteiger partial charge in [0.2, 0.25) is 5.95 Å². The Hall–Kier alpha value is -3.00. The van der Waals surface area contributed by atoms with Crippen LogP contribution in [0.4, 0.5) is 16.2 Å². The molecule has 1 aromatic carbocycles. The second-order valence-electron chi connectivity index (χ2n) is 6.22. The van der Waals surface area contributed by atoms with E-state index in [9.17, 15) is 4.39 Å². The van der Waals surface area contributed by atoms with Crippen LogP contribution in [0.25, 0.3) is 5.69 Å². The van der Waals surface area contributed by atoms with Crippen molar-refractivity contribution in [3.05, 3.63) is 59.8 Å². The summed E-state index contributed by atoms with van der Waals surface area (Å²) in [5, 5.41) is 7.52. The summed E-state index contributed by atoms with van der Waals surface area (Å²) in [6, 6.07) is 8.20. The molecule has 8 heteroatoms. The normalized spacial score (nSPS) is 16.7. The molecule has 3 heterocycles. The van der Waals surface area contributed by atoms with Crippen molar-refractivity contribution in [2.45, 2.75) is 18.9 Å². The molecular formula is C18H19FN6O. The van der Waals surface area contributed by atoms with Crippen molar-refractivity contribution in [3.8, 4) is 5.69 Å². The Kier molecular flexibility index (Phi) is 4.49. The number of nitrogen functional groups attached to an aromatic ring is 1. The molecule has 1 saturated heterocycles. The Labute approximate surface area is 150 Å². The summed E-state index contributed by atoms with van der Waals surface area (Å²) in [4.78, 5) is 8.55. The van der Waals surface area contributed by atoms with E-state index in [2.05, 4.69) is 20.4 Å². The van der Waals surface area contributed by atoms with E-state index in [4.69, 9.17) is 10.5 Å². The van der Waals surface area contributed by atoms with Gasteiger partial charge in [0, 0.05) is 36.9 Å². The molecule has 0 radical (unpaired) electrons. The van der Waals surface area contributed by atoms with Gasteiger partial charge in [-0.15, -0.1) is 0 Å². The van der Waals surface area contributed by atoms with Crippen molar-refractivity contribution in [2.24, 2.45) is 0 Å². The molecular weight excluding hydrogens is 335 g/mol. The van der Waals surface area contributed by atoms with E-state index < -0.39 is 0 Å². The Balaban J connectivity index is 1.46. The first kappa shape index (κ1) is 16.5. The zero-order chi connectivity index (χ0) is 17.9. The first-order valence-corrected chi connectivity index (χ1v) is 8.43. The van der Waals surface area contributed by atoms with Gasteiger partial charge in [-0.25, -0.2) is 14.1 Å². The molecule has 26 heavy (non-hydrogen) atoms. The van der Waals surface area contributed by atoms with E-state index in [1.165, 1.54) is 12.1 Å². The van der Waals surface area contributed by atoms with Gasteiger partial charge >= 0.3 is 0 Å². The maximum absolute atomic E-state index is 13.3. The first-order valence-electron chi connectivity index (χ1n) is 8.43. The Bertz CT molecular complexity index is 906. The molecule has 1 aliphatic rings. The van der Waals surface area contributed by atoms with Crippen LogP contribution in [0.5, 0.6) is 0 Å². The molecule has 0 aliphatic carbocycles. The fraction of sp³-hybridized carbons (Fsp3) is 0.278. The van der Waals surface area contributed by atoms with Crippen molar-refractivity contribution >= 4 is 11.8 Å². The summed E-state index contributed by atoms with van der Waals surface area (Å²) in [6.07, 6.45) is 4.52. The molecule has 1 atom stereocenters. The van der Waals surface area contributed by atoms with Gasteiger partial charge < -0.3 is 15.8 Å². The highest BCUT2D eigenvalue weighted by Crippen LogP contribution is 2.25. The fourth-order valence-corrected chi connectivity index (χ4v) is 2.96. The third-order valence-electron chi connectivity index (χ3n) is 4.29. The number of rotatable bonds is 5. The fourth-order valence-electron chi connectivity index (χ4n) is 2.96. The highest BCUT2D eigenvalue weighted by atomic mass is 19.1. The zero-order valence-electron chi connectivity index (χ0n) is 14.1. The minimum Gasteiger partial charge on any atom is -0.381 e. The van der Waals surface area contributed by atoms with E-state index >= 15 is 0 Å². The topological polar surface area (TPSA) is 90.9 Å². The summed E-state index contributed by atoms with van der Waals surface area (Å²) in [5.41, 5.74) is 8.35. The molecule has 1 aliphatic heterocycles. The van der Waals surface area contributed by atoms with Crippen LogP contribution < -0.4 is 11.1 Å². The predicted molar refractivity (Wildman–Crippen MR) is 95.5 cm³/mol. The first-order chi connectivity index (χ1) is 12.7. The molecule has 0 amide bonds. The minimum atomic E-state index is -0.294. The number of nitrogens with zero attached hydrogens (tertiary/aromatic N) is 4. The van der Waals surface area contributed by atoms with E-state index in [1.807, 2.05) is 12.3 Å². The average molecular weight is 354 g/mol. The van der Waals surface area contributed by atoms with Crippen molar-refractivity contribution in [3.63, 3.8) is 0 Å². The molecule has 0 bridgehead atoms. The third-order valence-corrected chi connectivity index (χ3v) is 4.29. The highest BCUT2D eigenvalue weighted by Gasteiger charge is 2.20. The number of nitrogens with two attached hydrogens (primary N) is 1. The standard InChI is InChI=1S/C18H19FN6O/c19-14-2-1-3-15(6-14)25-10-12(9-22-25)8-21-17-7-16(23-18(20)24-17)13-4-5-26-11-13/h1-3,6-7,9-10,13H,4-5,8,11H2,(H3,20,21,23,24)/t13-/m1/s1. The summed E-state index contributed by atoms with van der Waals surface area (Å²) < 4.78 is 20.4. The number of benzene rings is 1. The number of anilines is 2. The van der Waals surface area contributed by atoms with Gasteiger partial charge in [0.25, 0.3) is 0 Å². The molecule has 7 nitrogen and oxygen atoms in total. The van der Waals surface area contributed by atoms with Gasteiger partial charge in [-0.05, 0) is 24.6 Å². The monoisotopic (exact) mass is 354 g/mol. The summed E-state index contributed by atoms with van der Waals surface area (Å²) in [6.45, 7) is 1.93. The van der Waals surface area contributed by atoms with Crippen LogP contribution in [0.3, 0.4) is 0 Å². The van der Waals surface area contributed by atoms with Gasteiger partial charge in [-0.3, -0.25) is 0 Å². The van der Waals surface area contributed by atoms with Crippen molar-refractivity contribution in [2.75, 3.05) is 24.3 Å². The summed E-state index contributed by atoms with van der Waals surface area (Å²) in [7, 11) is 0. The molecule has 3 N–H and O–H groups in total. The lowest BCUT2D eigenvalue weighted by Crippen LogP contribution is -2.09. The van der Waals surface area contributed by atoms with Crippen molar-refractivity contribution in [1.82, 2.24) is 19.7 Å². The second-order valence-corrected chi connectivity index (χ2v) is 6.22. The van der Waals surface area contributed by atoms with E-state index in [1.54, 1.807) is 23.0 Å². The number of ether oxygens (including phenoxy) is 1. The smallest absolute Gasteiger partial charge is 0.222 e. The zero-order valence-corrected chi connectivity index (χ0v) is 14.1. The van der Waals surface area contributed by atoms with Crippen LogP contribution in [0.2, 0.25) is 0 Å². The van der Waals surface area contributed by atoms with E-state index in [0.29, 0.717) is 24.7 Å². The maximum atomic E-state index is 13.3. The molecule has 0 spiro atoms. The largest absolute Gasteiger partial charge is 0.381 e. The van der Waals surface area contributed by atoms with Crippen LogP contribution in [-0.4, -0.2) is 33.0 Å². The minimum absolute atomic E-state index is 0.243. The number of hydrogen-bond acceptors (Lipinski definition) is 6. The number of halogens is 1. The molecule has 3 aromatic rings. The van der Waals surface area contributed by atoms with Crippen LogP contribution in [0.1, 0.15) is 23.6 Å². The molecule has 2 aromatic heterocycles.